The summed E-state index contributed by atoms with van der Waals surface area (Å²) in [4.78, 5) is 4.19. The second kappa shape index (κ2) is 9.57. The van der Waals surface area contributed by atoms with Crippen LogP contribution in [0.4, 0.5) is 0 Å². The number of benzene rings is 2. The van der Waals surface area contributed by atoms with Gasteiger partial charge in [0.1, 0.15) is 0 Å². The second-order valence-corrected chi connectivity index (χ2v) is 4.48. The van der Waals surface area contributed by atoms with Crippen LogP contribution in [0.25, 0.3) is 10.8 Å². The maximum atomic E-state index is 5.01. The van der Waals surface area contributed by atoms with Crippen molar-refractivity contribution in [3.63, 3.8) is 0 Å². The van der Waals surface area contributed by atoms with Crippen LogP contribution in [0, 0.1) is 0 Å². The summed E-state index contributed by atoms with van der Waals surface area (Å²) in [6.07, 6.45) is 0. The number of nitrogens with one attached hydrogen (secondary N) is 2. The quantitative estimate of drug-likeness (QED) is 0.352. The minimum absolute atomic E-state index is 0. The molecule has 0 spiro atoms. The van der Waals surface area contributed by atoms with Gasteiger partial charge in [-0.15, -0.1) is 24.0 Å². The van der Waals surface area contributed by atoms with Gasteiger partial charge in [0.25, 0.3) is 0 Å². The van der Waals surface area contributed by atoms with E-state index in [1.807, 2.05) is 0 Å². The minimum atomic E-state index is 0. The van der Waals surface area contributed by atoms with Crippen LogP contribution in [0.2, 0.25) is 0 Å². The molecular weight excluding hydrogens is 377 g/mol. The molecule has 0 fully saturated rings. The highest BCUT2D eigenvalue weighted by atomic mass is 127. The number of rotatable bonds is 5. The van der Waals surface area contributed by atoms with E-state index in [4.69, 9.17) is 4.74 Å². The first kappa shape index (κ1) is 17.7. The van der Waals surface area contributed by atoms with Crippen molar-refractivity contribution in [2.24, 2.45) is 4.99 Å². The van der Waals surface area contributed by atoms with Gasteiger partial charge in [0, 0.05) is 27.2 Å². The molecule has 4 nitrogen and oxygen atoms in total. The van der Waals surface area contributed by atoms with Gasteiger partial charge in [-0.05, 0) is 16.3 Å². The van der Waals surface area contributed by atoms with E-state index in [0.717, 1.165) is 19.0 Å². The van der Waals surface area contributed by atoms with Crippen LogP contribution < -0.4 is 10.6 Å². The first-order chi connectivity index (χ1) is 9.85. The molecule has 2 rings (SSSR count). The van der Waals surface area contributed by atoms with Crippen LogP contribution in [0.5, 0.6) is 0 Å². The van der Waals surface area contributed by atoms with Crippen molar-refractivity contribution in [2.75, 3.05) is 27.3 Å². The lowest BCUT2D eigenvalue weighted by Gasteiger charge is -2.12. The molecule has 0 bridgehead atoms. The Kier molecular flexibility index (Phi) is 8.07. The average molecular weight is 399 g/mol. The Balaban J connectivity index is 0.00000220. The fraction of sp³-hybridized carbons (Fsp3) is 0.312. The number of halogens is 1. The highest BCUT2D eigenvalue weighted by molar-refractivity contribution is 14.0. The third-order valence-corrected chi connectivity index (χ3v) is 3.15. The number of hydrogen-bond donors (Lipinski definition) is 2. The summed E-state index contributed by atoms with van der Waals surface area (Å²) >= 11 is 0. The van der Waals surface area contributed by atoms with Crippen LogP contribution in [-0.4, -0.2) is 33.3 Å². The Hall–Kier alpha value is -1.34. The molecule has 0 atom stereocenters. The van der Waals surface area contributed by atoms with E-state index in [1.165, 1.54) is 16.3 Å². The molecule has 0 aliphatic rings. The van der Waals surface area contributed by atoms with Gasteiger partial charge in [0.15, 0.2) is 5.96 Å². The van der Waals surface area contributed by atoms with Crippen LogP contribution in [0.15, 0.2) is 47.5 Å². The molecule has 21 heavy (non-hydrogen) atoms. The summed E-state index contributed by atoms with van der Waals surface area (Å²) in [6.45, 7) is 2.15. The number of ether oxygens (including phenoxy) is 1. The van der Waals surface area contributed by atoms with Gasteiger partial charge in [0.2, 0.25) is 0 Å². The van der Waals surface area contributed by atoms with Crippen molar-refractivity contribution in [1.29, 1.82) is 0 Å². The molecule has 2 aromatic carbocycles. The monoisotopic (exact) mass is 399 g/mol. The lowest BCUT2D eigenvalue weighted by Crippen LogP contribution is -2.38. The van der Waals surface area contributed by atoms with Crippen molar-refractivity contribution in [3.8, 4) is 0 Å². The molecule has 0 aromatic heterocycles. The van der Waals surface area contributed by atoms with E-state index in [0.29, 0.717) is 6.61 Å². The Labute approximate surface area is 143 Å². The zero-order valence-corrected chi connectivity index (χ0v) is 14.8. The summed E-state index contributed by atoms with van der Waals surface area (Å²) in [5.41, 5.74) is 1.26. The lowest BCUT2D eigenvalue weighted by atomic mass is 10.0. The predicted molar refractivity (Wildman–Crippen MR) is 99.4 cm³/mol. The summed E-state index contributed by atoms with van der Waals surface area (Å²) < 4.78 is 5.01. The van der Waals surface area contributed by atoms with E-state index in [1.54, 1.807) is 14.2 Å². The predicted octanol–water partition coefficient (Wildman–Crippen LogP) is 2.77. The Bertz CT molecular complexity index is 581. The van der Waals surface area contributed by atoms with E-state index < -0.39 is 0 Å². The summed E-state index contributed by atoms with van der Waals surface area (Å²) in [5, 5.41) is 9.05. The number of nitrogens with zero attached hydrogens (tertiary/aromatic N) is 1. The molecule has 0 amide bonds. The molecule has 0 unspecified atom stereocenters. The summed E-state index contributed by atoms with van der Waals surface area (Å²) in [7, 11) is 3.46. The maximum Gasteiger partial charge on any atom is 0.191 e. The number of guanidine groups is 1. The molecule has 2 N–H and O–H groups in total. The molecule has 2 aromatic rings. The summed E-state index contributed by atoms with van der Waals surface area (Å²) in [6, 6.07) is 14.8. The van der Waals surface area contributed by atoms with Gasteiger partial charge in [-0.1, -0.05) is 42.5 Å². The van der Waals surface area contributed by atoms with Crippen molar-refractivity contribution >= 4 is 40.7 Å². The summed E-state index contributed by atoms with van der Waals surface area (Å²) in [5.74, 6) is 0.787. The molecule has 0 radical (unpaired) electrons. The van der Waals surface area contributed by atoms with Gasteiger partial charge in [-0.3, -0.25) is 4.99 Å². The Morgan fingerprint density at radius 3 is 2.62 bits per heavy atom. The van der Waals surface area contributed by atoms with Crippen LogP contribution >= 0.6 is 24.0 Å². The molecule has 5 heteroatoms. The molecule has 114 valence electrons. The van der Waals surface area contributed by atoms with Crippen LogP contribution in [0.3, 0.4) is 0 Å². The fourth-order valence-electron chi connectivity index (χ4n) is 2.12. The topological polar surface area (TPSA) is 45.7 Å². The largest absolute Gasteiger partial charge is 0.383 e. The Morgan fingerprint density at radius 1 is 1.10 bits per heavy atom. The SMILES string of the molecule is CN=C(NCCOC)NCc1cccc2ccccc12.I. The van der Waals surface area contributed by atoms with E-state index >= 15 is 0 Å². The normalized spacial score (nSPS) is 11.0. The van der Waals surface area contributed by atoms with Crippen LogP contribution in [-0.2, 0) is 11.3 Å². The van der Waals surface area contributed by atoms with E-state index in [-0.39, 0.29) is 24.0 Å². The van der Waals surface area contributed by atoms with E-state index in [9.17, 15) is 0 Å². The number of hydrogen-bond acceptors (Lipinski definition) is 2. The van der Waals surface area contributed by atoms with Gasteiger partial charge in [-0.2, -0.15) is 0 Å². The van der Waals surface area contributed by atoms with E-state index in [2.05, 4.69) is 58.1 Å². The molecule has 0 aliphatic carbocycles. The number of aliphatic imine (C=N–C) groups is 1. The number of methoxy groups -OCH3 is 1. The van der Waals surface area contributed by atoms with Gasteiger partial charge in [-0.25, -0.2) is 0 Å². The molecule has 0 heterocycles. The Morgan fingerprint density at radius 2 is 1.86 bits per heavy atom. The smallest absolute Gasteiger partial charge is 0.191 e. The first-order valence-electron chi connectivity index (χ1n) is 6.75. The molecule has 0 saturated carbocycles. The zero-order chi connectivity index (χ0) is 14.2. The minimum Gasteiger partial charge on any atom is -0.383 e. The van der Waals surface area contributed by atoms with Gasteiger partial charge >= 0.3 is 0 Å². The lowest BCUT2D eigenvalue weighted by molar-refractivity contribution is 0.203. The van der Waals surface area contributed by atoms with Gasteiger partial charge in [0.05, 0.1) is 6.61 Å². The highest BCUT2D eigenvalue weighted by Crippen LogP contribution is 2.17. The number of fused-ring (bicyclic) bond motifs is 1. The van der Waals surface area contributed by atoms with Crippen LogP contribution in [0.1, 0.15) is 5.56 Å². The standard InChI is InChI=1S/C16H21N3O.HI/c1-17-16(18-10-11-20-2)19-12-14-8-5-7-13-6-3-4-9-15(13)14;/h3-9H,10-12H2,1-2H3,(H2,17,18,19);1H. The molecular formula is C16H22IN3O. The highest BCUT2D eigenvalue weighted by Gasteiger charge is 2.01. The fourth-order valence-corrected chi connectivity index (χ4v) is 2.12. The van der Waals surface area contributed by atoms with Crippen molar-refractivity contribution < 1.29 is 4.74 Å². The van der Waals surface area contributed by atoms with Crippen molar-refractivity contribution in [3.05, 3.63) is 48.0 Å². The third kappa shape index (κ3) is 5.17. The first-order valence-corrected chi connectivity index (χ1v) is 6.75. The second-order valence-electron chi connectivity index (χ2n) is 4.48. The average Bonchev–Trinajstić information content (AvgIpc) is 2.50. The van der Waals surface area contributed by atoms with Crippen molar-refractivity contribution in [1.82, 2.24) is 10.6 Å². The molecule has 0 aliphatic heterocycles. The zero-order valence-electron chi connectivity index (χ0n) is 12.4. The van der Waals surface area contributed by atoms with Crippen molar-refractivity contribution in [2.45, 2.75) is 6.54 Å². The maximum absolute atomic E-state index is 5.01. The molecule has 0 saturated heterocycles. The van der Waals surface area contributed by atoms with Gasteiger partial charge < -0.3 is 15.4 Å². The third-order valence-electron chi connectivity index (χ3n) is 3.15.